The molecule has 0 atom stereocenters. The summed E-state index contributed by atoms with van der Waals surface area (Å²) in [4.78, 5) is 4.75. The Morgan fingerprint density at radius 1 is 1.24 bits per heavy atom. The quantitative estimate of drug-likeness (QED) is 0.935. The Kier molecular flexibility index (Phi) is 3.99. The average Bonchev–Trinajstić information content (AvgIpc) is 2.65. The molecule has 1 aromatic heterocycles. The summed E-state index contributed by atoms with van der Waals surface area (Å²) in [5.74, 6) is 2.50. The van der Waals surface area contributed by atoms with E-state index in [2.05, 4.69) is 20.8 Å². The number of anilines is 1. The van der Waals surface area contributed by atoms with Crippen LogP contribution in [-0.4, -0.2) is 15.7 Å². The molecule has 0 amide bonds. The Morgan fingerprint density at radius 3 is 2.43 bits per heavy atom. The summed E-state index contributed by atoms with van der Waals surface area (Å²) in [5, 5.41) is 0. The monoisotopic (exact) mass is 287 g/mol. The molecular weight excluding hydrogens is 262 g/mol. The fraction of sp³-hybridized carbons (Fsp3) is 0.471. The van der Waals surface area contributed by atoms with Crippen molar-refractivity contribution in [3.05, 3.63) is 30.1 Å². The summed E-state index contributed by atoms with van der Waals surface area (Å²) in [5.41, 5.74) is 7.99. The summed E-state index contributed by atoms with van der Waals surface area (Å²) >= 11 is 0. The highest BCUT2D eigenvalue weighted by atomic mass is 16.5. The lowest BCUT2D eigenvalue weighted by Crippen LogP contribution is -2.17. The van der Waals surface area contributed by atoms with Gasteiger partial charge in [-0.25, -0.2) is 4.98 Å². The topological polar surface area (TPSA) is 53.1 Å². The highest BCUT2D eigenvalue weighted by Gasteiger charge is 2.23. The van der Waals surface area contributed by atoms with Crippen LogP contribution in [0.15, 0.2) is 24.3 Å². The standard InChI is InChI=1S/C17H25N3O/c1-11(2)21-13-9-7-8-12(10-13)14-15(18)20(6)16(19-14)17(3,4)5/h7-11H,18H2,1-6H3. The summed E-state index contributed by atoms with van der Waals surface area (Å²) in [6.45, 7) is 10.4. The molecule has 2 rings (SSSR count). The second-order valence-electron chi connectivity index (χ2n) is 6.67. The van der Waals surface area contributed by atoms with Gasteiger partial charge >= 0.3 is 0 Å². The maximum absolute atomic E-state index is 6.24. The number of benzene rings is 1. The molecule has 1 heterocycles. The Morgan fingerprint density at radius 2 is 1.90 bits per heavy atom. The van der Waals surface area contributed by atoms with Gasteiger partial charge in [-0.05, 0) is 26.0 Å². The molecule has 0 unspecified atom stereocenters. The number of ether oxygens (including phenoxy) is 1. The van der Waals surface area contributed by atoms with E-state index >= 15 is 0 Å². The predicted molar refractivity (Wildman–Crippen MR) is 87.5 cm³/mol. The molecule has 0 aliphatic heterocycles. The minimum atomic E-state index is -0.0484. The van der Waals surface area contributed by atoms with Crippen molar-refractivity contribution < 1.29 is 4.74 Å². The van der Waals surface area contributed by atoms with E-state index in [0.717, 1.165) is 22.8 Å². The molecule has 0 radical (unpaired) electrons. The van der Waals surface area contributed by atoms with E-state index in [1.807, 2.05) is 49.7 Å². The van der Waals surface area contributed by atoms with E-state index in [4.69, 9.17) is 15.5 Å². The molecule has 0 saturated carbocycles. The van der Waals surface area contributed by atoms with Crippen LogP contribution in [0.1, 0.15) is 40.4 Å². The molecule has 0 spiro atoms. The smallest absolute Gasteiger partial charge is 0.131 e. The third kappa shape index (κ3) is 3.20. The SMILES string of the molecule is CC(C)Oc1cccc(-c2nc(C(C)(C)C)n(C)c2N)c1. The van der Waals surface area contributed by atoms with Gasteiger partial charge in [-0.1, -0.05) is 32.9 Å². The van der Waals surface area contributed by atoms with Crippen molar-refractivity contribution in [1.29, 1.82) is 0 Å². The molecule has 2 N–H and O–H groups in total. The zero-order chi connectivity index (χ0) is 15.8. The molecule has 114 valence electrons. The van der Waals surface area contributed by atoms with Crippen LogP contribution in [0, 0.1) is 0 Å². The van der Waals surface area contributed by atoms with Gasteiger partial charge in [-0.2, -0.15) is 0 Å². The van der Waals surface area contributed by atoms with Crippen LogP contribution >= 0.6 is 0 Å². The Bertz CT molecular complexity index is 636. The predicted octanol–water partition coefficient (Wildman–Crippen LogP) is 3.75. The van der Waals surface area contributed by atoms with Gasteiger partial charge in [-0.15, -0.1) is 0 Å². The lowest BCUT2D eigenvalue weighted by Gasteiger charge is -2.17. The third-order valence-corrected chi connectivity index (χ3v) is 3.29. The van der Waals surface area contributed by atoms with Gasteiger partial charge in [0.1, 0.15) is 23.1 Å². The Hall–Kier alpha value is -1.97. The minimum absolute atomic E-state index is 0.0484. The van der Waals surface area contributed by atoms with Crippen molar-refractivity contribution in [2.45, 2.75) is 46.1 Å². The van der Waals surface area contributed by atoms with Gasteiger partial charge in [0, 0.05) is 18.0 Å². The van der Waals surface area contributed by atoms with Crippen LogP contribution < -0.4 is 10.5 Å². The van der Waals surface area contributed by atoms with Crippen LogP contribution in [0.2, 0.25) is 0 Å². The van der Waals surface area contributed by atoms with Crippen molar-refractivity contribution in [1.82, 2.24) is 9.55 Å². The lowest BCUT2D eigenvalue weighted by molar-refractivity contribution is 0.242. The number of hydrogen-bond acceptors (Lipinski definition) is 3. The fourth-order valence-corrected chi connectivity index (χ4v) is 2.38. The van der Waals surface area contributed by atoms with Crippen molar-refractivity contribution in [3.63, 3.8) is 0 Å². The van der Waals surface area contributed by atoms with Crippen LogP contribution in [0.3, 0.4) is 0 Å². The Labute approximate surface area is 127 Å². The molecule has 1 aromatic carbocycles. The van der Waals surface area contributed by atoms with Gasteiger partial charge in [0.2, 0.25) is 0 Å². The molecule has 0 fully saturated rings. The molecule has 4 nitrogen and oxygen atoms in total. The van der Waals surface area contributed by atoms with Gasteiger partial charge in [-0.3, -0.25) is 0 Å². The summed E-state index contributed by atoms with van der Waals surface area (Å²) in [6, 6.07) is 7.93. The summed E-state index contributed by atoms with van der Waals surface area (Å²) in [6.07, 6.45) is 0.145. The van der Waals surface area contributed by atoms with Crippen LogP contribution in [-0.2, 0) is 12.5 Å². The van der Waals surface area contributed by atoms with E-state index < -0.39 is 0 Å². The van der Waals surface area contributed by atoms with E-state index in [1.54, 1.807) is 0 Å². The first-order valence-corrected chi connectivity index (χ1v) is 7.30. The molecule has 0 saturated heterocycles. The largest absolute Gasteiger partial charge is 0.491 e. The molecule has 0 bridgehead atoms. The van der Waals surface area contributed by atoms with E-state index in [-0.39, 0.29) is 11.5 Å². The number of nitrogens with zero attached hydrogens (tertiary/aromatic N) is 2. The Balaban J connectivity index is 2.48. The van der Waals surface area contributed by atoms with Crippen LogP contribution in [0.4, 0.5) is 5.82 Å². The lowest BCUT2D eigenvalue weighted by atomic mass is 9.96. The van der Waals surface area contributed by atoms with Crippen LogP contribution in [0.5, 0.6) is 5.75 Å². The highest BCUT2D eigenvalue weighted by molar-refractivity contribution is 5.72. The first kappa shape index (κ1) is 15.4. The minimum Gasteiger partial charge on any atom is -0.491 e. The first-order chi connectivity index (χ1) is 9.70. The van der Waals surface area contributed by atoms with Crippen molar-refractivity contribution in [2.75, 3.05) is 5.73 Å². The first-order valence-electron chi connectivity index (χ1n) is 7.30. The van der Waals surface area contributed by atoms with Crippen LogP contribution in [0.25, 0.3) is 11.3 Å². The normalized spacial score (nSPS) is 12.0. The van der Waals surface area contributed by atoms with Crippen molar-refractivity contribution >= 4 is 5.82 Å². The molecule has 0 aliphatic carbocycles. The molecule has 2 aromatic rings. The maximum atomic E-state index is 6.24. The fourth-order valence-electron chi connectivity index (χ4n) is 2.38. The maximum Gasteiger partial charge on any atom is 0.131 e. The molecule has 0 aliphatic rings. The highest BCUT2D eigenvalue weighted by Crippen LogP contribution is 2.32. The van der Waals surface area contributed by atoms with E-state index in [9.17, 15) is 0 Å². The summed E-state index contributed by atoms with van der Waals surface area (Å²) in [7, 11) is 1.96. The van der Waals surface area contributed by atoms with Gasteiger partial charge < -0.3 is 15.0 Å². The number of nitrogen functional groups attached to an aromatic ring is 1. The molecule has 21 heavy (non-hydrogen) atoms. The second kappa shape index (κ2) is 5.43. The zero-order valence-corrected chi connectivity index (χ0v) is 13.8. The number of aromatic nitrogens is 2. The van der Waals surface area contributed by atoms with E-state index in [0.29, 0.717) is 5.82 Å². The number of hydrogen-bond donors (Lipinski definition) is 1. The average molecular weight is 287 g/mol. The van der Waals surface area contributed by atoms with Gasteiger partial charge in [0.25, 0.3) is 0 Å². The number of imidazole rings is 1. The molecular formula is C17H25N3O. The van der Waals surface area contributed by atoms with E-state index in [1.165, 1.54) is 0 Å². The van der Waals surface area contributed by atoms with Gasteiger partial charge in [0.15, 0.2) is 0 Å². The molecule has 4 heteroatoms. The zero-order valence-electron chi connectivity index (χ0n) is 13.8. The number of rotatable bonds is 3. The van der Waals surface area contributed by atoms with Crippen molar-refractivity contribution in [2.24, 2.45) is 7.05 Å². The van der Waals surface area contributed by atoms with Crippen molar-refractivity contribution in [3.8, 4) is 17.0 Å². The second-order valence-corrected chi connectivity index (χ2v) is 6.67. The number of nitrogens with two attached hydrogens (primary N) is 1. The van der Waals surface area contributed by atoms with Gasteiger partial charge in [0.05, 0.1) is 6.10 Å². The summed E-state index contributed by atoms with van der Waals surface area (Å²) < 4.78 is 7.71. The third-order valence-electron chi connectivity index (χ3n) is 3.29.